The van der Waals surface area contributed by atoms with Crippen molar-refractivity contribution in [2.24, 2.45) is 17.3 Å². The fourth-order valence-electron chi connectivity index (χ4n) is 3.50. The molecule has 1 aliphatic heterocycles. The van der Waals surface area contributed by atoms with Gasteiger partial charge in [0.05, 0.1) is 6.07 Å². The molecule has 21 heavy (non-hydrogen) atoms. The monoisotopic (exact) mass is 306 g/mol. The summed E-state index contributed by atoms with van der Waals surface area (Å²) in [5, 5.41) is 11.3. The lowest BCUT2D eigenvalue weighted by atomic mass is 9.57. The minimum absolute atomic E-state index is 0.262. The first-order chi connectivity index (χ1) is 10.1. The summed E-state index contributed by atoms with van der Waals surface area (Å²) in [6.45, 7) is 3.56. The van der Waals surface area contributed by atoms with Gasteiger partial charge in [0.2, 0.25) is 16.9 Å². The van der Waals surface area contributed by atoms with E-state index >= 15 is 0 Å². The Bertz CT molecular complexity index is 518. The van der Waals surface area contributed by atoms with Gasteiger partial charge >= 0.3 is 0 Å². The molecule has 1 aliphatic carbocycles. The third-order valence-corrected chi connectivity index (χ3v) is 5.34. The van der Waals surface area contributed by atoms with Crippen LogP contribution in [0.15, 0.2) is 12.7 Å². The Kier molecular flexibility index (Phi) is 4.84. The van der Waals surface area contributed by atoms with Gasteiger partial charge in [0.1, 0.15) is 11.8 Å². The molecule has 1 heterocycles. The molecule has 1 spiro atoms. The van der Waals surface area contributed by atoms with Gasteiger partial charge in [-0.3, -0.25) is 19.7 Å². The number of hydrogen-bond acceptors (Lipinski definition) is 5. The summed E-state index contributed by atoms with van der Waals surface area (Å²) in [7, 11) is 0. The van der Waals surface area contributed by atoms with E-state index in [4.69, 9.17) is 0 Å². The molecule has 112 valence electrons. The summed E-state index contributed by atoms with van der Waals surface area (Å²) >= 11 is 1.03. The van der Waals surface area contributed by atoms with Crippen molar-refractivity contribution in [3.8, 4) is 6.07 Å². The summed E-state index contributed by atoms with van der Waals surface area (Å²) in [6, 6.07) is 2.03. The van der Waals surface area contributed by atoms with Gasteiger partial charge in [-0.05, 0) is 12.8 Å². The summed E-state index contributed by atoms with van der Waals surface area (Å²) < 4.78 is 0. The molecule has 0 aromatic heterocycles. The lowest BCUT2D eigenvalue weighted by Gasteiger charge is -2.46. The van der Waals surface area contributed by atoms with Crippen molar-refractivity contribution in [1.82, 2.24) is 5.32 Å². The second-order valence-corrected chi connectivity index (χ2v) is 6.59. The van der Waals surface area contributed by atoms with Crippen LogP contribution in [0.2, 0.25) is 0 Å². The second kappa shape index (κ2) is 6.44. The maximum Gasteiger partial charge on any atom is 0.244 e. The fourth-order valence-corrected chi connectivity index (χ4v) is 4.29. The summed E-state index contributed by atoms with van der Waals surface area (Å²) in [4.78, 5) is 36.7. The first-order valence-corrected chi connectivity index (χ1v) is 8.07. The molecule has 2 atom stereocenters. The van der Waals surface area contributed by atoms with E-state index < -0.39 is 29.1 Å². The summed E-state index contributed by atoms with van der Waals surface area (Å²) in [6.07, 6.45) is 5.45. The molecular formula is C15H18N2O3S. The van der Waals surface area contributed by atoms with E-state index in [0.717, 1.165) is 31.0 Å². The van der Waals surface area contributed by atoms with Crippen LogP contribution < -0.4 is 5.32 Å². The van der Waals surface area contributed by atoms with Gasteiger partial charge < -0.3 is 0 Å². The topological polar surface area (TPSA) is 87.0 Å². The minimum Gasteiger partial charge on any atom is -0.295 e. The highest BCUT2D eigenvalue weighted by Crippen LogP contribution is 2.51. The van der Waals surface area contributed by atoms with Crippen LogP contribution in [0.3, 0.4) is 0 Å². The van der Waals surface area contributed by atoms with Gasteiger partial charge in [0.25, 0.3) is 0 Å². The lowest BCUT2D eigenvalue weighted by molar-refractivity contribution is -0.152. The van der Waals surface area contributed by atoms with Crippen LogP contribution in [-0.4, -0.2) is 22.7 Å². The number of amides is 2. The molecule has 0 aromatic rings. The van der Waals surface area contributed by atoms with E-state index in [2.05, 4.69) is 11.9 Å². The average molecular weight is 306 g/mol. The molecule has 1 saturated carbocycles. The van der Waals surface area contributed by atoms with Crippen molar-refractivity contribution in [3.63, 3.8) is 0 Å². The quantitative estimate of drug-likeness (QED) is 0.488. The van der Waals surface area contributed by atoms with Gasteiger partial charge in [0, 0.05) is 11.2 Å². The average Bonchev–Trinajstić information content (AvgIpc) is 2.46. The van der Waals surface area contributed by atoms with Crippen molar-refractivity contribution < 1.29 is 14.4 Å². The van der Waals surface area contributed by atoms with E-state index in [1.165, 1.54) is 0 Å². The number of carbonyl (C=O) groups excluding carboxylic acids is 3. The van der Waals surface area contributed by atoms with Crippen LogP contribution >= 0.6 is 11.8 Å². The number of thioether (sulfide) groups is 1. The normalized spacial score (nSPS) is 27.8. The third kappa shape index (κ3) is 2.75. The number of rotatable bonds is 3. The van der Waals surface area contributed by atoms with Crippen LogP contribution in [0.5, 0.6) is 0 Å². The molecule has 0 aromatic carbocycles. The Labute approximate surface area is 128 Å². The highest BCUT2D eigenvalue weighted by Gasteiger charge is 2.58. The molecule has 1 N–H and O–H groups in total. The summed E-state index contributed by atoms with van der Waals surface area (Å²) in [5.74, 6) is -2.51. The predicted molar refractivity (Wildman–Crippen MR) is 78.9 cm³/mol. The Balaban J connectivity index is 2.39. The number of carbonyl (C=O) groups is 3. The molecule has 5 nitrogen and oxygen atoms in total. The Morgan fingerprint density at radius 3 is 2.62 bits per heavy atom. The number of nitrogens with one attached hydrogen (secondary N) is 1. The largest absolute Gasteiger partial charge is 0.295 e. The van der Waals surface area contributed by atoms with Crippen LogP contribution in [-0.2, 0) is 14.4 Å². The smallest absolute Gasteiger partial charge is 0.244 e. The molecule has 1 saturated heterocycles. The van der Waals surface area contributed by atoms with Gasteiger partial charge in [-0.2, -0.15) is 5.26 Å². The molecular weight excluding hydrogens is 288 g/mol. The molecule has 0 bridgehead atoms. The number of piperidine rings is 1. The van der Waals surface area contributed by atoms with E-state index in [1.54, 1.807) is 6.08 Å². The fraction of sp³-hybridized carbons (Fsp3) is 0.600. The van der Waals surface area contributed by atoms with Crippen LogP contribution in [0.4, 0.5) is 0 Å². The molecule has 2 aliphatic rings. The summed E-state index contributed by atoms with van der Waals surface area (Å²) in [5.41, 5.74) is -0.822. The highest BCUT2D eigenvalue weighted by molar-refractivity contribution is 8.13. The predicted octanol–water partition coefficient (Wildman–Crippen LogP) is 1.80. The number of nitriles is 1. The number of imide groups is 1. The van der Waals surface area contributed by atoms with Crippen molar-refractivity contribution in [2.75, 3.05) is 5.75 Å². The van der Waals surface area contributed by atoms with E-state index in [0.29, 0.717) is 18.6 Å². The molecule has 6 heteroatoms. The van der Waals surface area contributed by atoms with E-state index in [9.17, 15) is 19.6 Å². The minimum atomic E-state index is -0.922. The molecule has 0 unspecified atom stereocenters. The van der Waals surface area contributed by atoms with Gasteiger partial charge in [0.15, 0.2) is 0 Å². The standard InChI is InChI=1S/C15H18N2O3S/c1-2-8-21-14(20)11-13(19)17-12(18)10(9-16)15(11)6-4-3-5-7-15/h2,10-11H,1,3-8H2,(H,17,18,19)/t10-,11+/m0/s1. The molecule has 2 rings (SSSR count). The molecule has 2 fully saturated rings. The molecule has 2 amide bonds. The van der Waals surface area contributed by atoms with Crippen molar-refractivity contribution >= 4 is 28.7 Å². The molecule has 0 radical (unpaired) electrons. The SMILES string of the molecule is C=CCSC(=O)[C@H]1C(=O)NC(=O)[C@H](C#N)C12CCCCC2. The first-order valence-electron chi connectivity index (χ1n) is 7.08. The van der Waals surface area contributed by atoms with Crippen LogP contribution in [0.1, 0.15) is 32.1 Å². The first kappa shape index (κ1) is 15.8. The Morgan fingerprint density at radius 2 is 2.05 bits per heavy atom. The van der Waals surface area contributed by atoms with Crippen molar-refractivity contribution in [2.45, 2.75) is 32.1 Å². The van der Waals surface area contributed by atoms with Gasteiger partial charge in [-0.1, -0.05) is 37.1 Å². The van der Waals surface area contributed by atoms with Gasteiger partial charge in [-0.15, -0.1) is 6.58 Å². The van der Waals surface area contributed by atoms with E-state index in [-0.39, 0.29) is 5.12 Å². The Hall–Kier alpha value is -1.61. The highest BCUT2D eigenvalue weighted by atomic mass is 32.2. The zero-order valence-corrected chi connectivity index (χ0v) is 12.6. The Morgan fingerprint density at radius 1 is 1.38 bits per heavy atom. The second-order valence-electron chi connectivity index (χ2n) is 5.56. The van der Waals surface area contributed by atoms with Gasteiger partial charge in [-0.25, -0.2) is 0 Å². The number of nitrogens with zero attached hydrogens (tertiary/aromatic N) is 1. The zero-order chi connectivity index (χ0) is 15.5. The number of hydrogen-bond donors (Lipinski definition) is 1. The zero-order valence-electron chi connectivity index (χ0n) is 11.8. The maximum absolute atomic E-state index is 12.4. The lowest BCUT2D eigenvalue weighted by Crippen LogP contribution is -2.60. The van der Waals surface area contributed by atoms with Crippen molar-refractivity contribution in [3.05, 3.63) is 12.7 Å². The van der Waals surface area contributed by atoms with Crippen LogP contribution in [0.25, 0.3) is 0 Å². The van der Waals surface area contributed by atoms with Crippen molar-refractivity contribution in [1.29, 1.82) is 5.26 Å². The van der Waals surface area contributed by atoms with E-state index in [1.807, 2.05) is 6.07 Å². The third-order valence-electron chi connectivity index (χ3n) is 4.41. The maximum atomic E-state index is 12.4. The van der Waals surface area contributed by atoms with Crippen LogP contribution in [0, 0.1) is 28.6 Å².